The summed E-state index contributed by atoms with van der Waals surface area (Å²) in [5.74, 6) is -2.05. The number of benzene rings is 1. The molecule has 2 N–H and O–H groups in total. The van der Waals surface area contributed by atoms with Crippen molar-refractivity contribution in [3.05, 3.63) is 39.4 Å². The van der Waals surface area contributed by atoms with Crippen molar-refractivity contribution < 1.29 is 27.9 Å². The first-order valence-corrected chi connectivity index (χ1v) is 6.42. The number of anilines is 1. The van der Waals surface area contributed by atoms with E-state index in [1.165, 1.54) is 13.8 Å². The first-order chi connectivity index (χ1) is 9.54. The lowest BCUT2D eigenvalue weighted by molar-refractivity contribution is -0.137. The van der Waals surface area contributed by atoms with E-state index in [4.69, 9.17) is 5.11 Å². The van der Waals surface area contributed by atoms with Crippen LogP contribution in [0.25, 0.3) is 0 Å². The summed E-state index contributed by atoms with van der Waals surface area (Å²) in [4.78, 5) is 22.6. The Bertz CT molecular complexity index is 624. The summed E-state index contributed by atoms with van der Waals surface area (Å²) < 4.78 is 38.1. The van der Waals surface area contributed by atoms with Gasteiger partial charge in [0.1, 0.15) is 0 Å². The Balaban J connectivity index is 3.11. The molecule has 0 heterocycles. The van der Waals surface area contributed by atoms with Gasteiger partial charge in [0.05, 0.1) is 11.3 Å². The number of halogens is 4. The van der Waals surface area contributed by atoms with E-state index in [0.29, 0.717) is 0 Å². The van der Waals surface area contributed by atoms with Gasteiger partial charge in [-0.3, -0.25) is 4.79 Å². The molecule has 0 fully saturated rings. The highest BCUT2D eigenvalue weighted by Crippen LogP contribution is 2.34. The smallest absolute Gasteiger partial charge is 0.416 e. The van der Waals surface area contributed by atoms with Crippen LogP contribution in [0.2, 0.25) is 0 Å². The Kier molecular flexibility index (Phi) is 5.16. The Morgan fingerprint density at radius 1 is 1.19 bits per heavy atom. The second-order valence-corrected chi connectivity index (χ2v) is 5.06. The van der Waals surface area contributed by atoms with Crippen LogP contribution >= 0.6 is 15.9 Å². The molecule has 114 valence electrons. The van der Waals surface area contributed by atoms with E-state index in [2.05, 4.69) is 21.2 Å². The topological polar surface area (TPSA) is 66.4 Å². The standard InChI is InChI=1S/C13H11BrF3NO3/c1-6(7(2)12(20)21)11(19)18-10-5-8(13(15,16)17)3-4-9(10)14/h3-5H,1-2H3,(H,18,19)(H,20,21)/b7-6+. The van der Waals surface area contributed by atoms with Gasteiger partial charge in [-0.1, -0.05) is 0 Å². The van der Waals surface area contributed by atoms with Crippen molar-refractivity contribution in [1.29, 1.82) is 0 Å². The Morgan fingerprint density at radius 3 is 2.24 bits per heavy atom. The lowest BCUT2D eigenvalue weighted by Crippen LogP contribution is -2.17. The van der Waals surface area contributed by atoms with E-state index < -0.39 is 23.6 Å². The van der Waals surface area contributed by atoms with Gasteiger partial charge in [-0.2, -0.15) is 13.2 Å². The third kappa shape index (κ3) is 4.32. The molecular formula is C13H11BrF3NO3. The molecule has 1 aromatic rings. The number of hydrogen-bond donors (Lipinski definition) is 2. The highest BCUT2D eigenvalue weighted by atomic mass is 79.9. The number of rotatable bonds is 3. The third-order valence-corrected chi connectivity index (χ3v) is 3.46. The molecule has 0 aliphatic heterocycles. The predicted octanol–water partition coefficient (Wildman–Crippen LogP) is 3.83. The molecule has 21 heavy (non-hydrogen) atoms. The minimum absolute atomic E-state index is 0.0904. The van der Waals surface area contributed by atoms with Crippen molar-refractivity contribution in [2.45, 2.75) is 20.0 Å². The lowest BCUT2D eigenvalue weighted by atomic mass is 10.1. The fourth-order valence-corrected chi connectivity index (χ4v) is 1.69. The molecule has 4 nitrogen and oxygen atoms in total. The zero-order chi connectivity index (χ0) is 16.4. The van der Waals surface area contributed by atoms with Gasteiger partial charge in [-0.15, -0.1) is 0 Å². The van der Waals surface area contributed by atoms with Crippen molar-refractivity contribution in [2.24, 2.45) is 0 Å². The molecule has 0 bridgehead atoms. The summed E-state index contributed by atoms with van der Waals surface area (Å²) in [7, 11) is 0. The Hall–Kier alpha value is -1.83. The van der Waals surface area contributed by atoms with Crippen LogP contribution in [0.15, 0.2) is 33.8 Å². The molecule has 0 aliphatic rings. The summed E-state index contributed by atoms with van der Waals surface area (Å²) in [5, 5.41) is 11.0. The molecule has 8 heteroatoms. The van der Waals surface area contributed by atoms with E-state index in [9.17, 15) is 22.8 Å². The molecule has 0 atom stereocenters. The predicted molar refractivity (Wildman–Crippen MR) is 73.8 cm³/mol. The van der Waals surface area contributed by atoms with Gasteiger partial charge in [-0.05, 0) is 48.0 Å². The summed E-state index contributed by atoms with van der Waals surface area (Å²) in [6, 6.07) is 2.79. The largest absolute Gasteiger partial charge is 0.478 e. The minimum atomic E-state index is -4.54. The van der Waals surface area contributed by atoms with Crippen LogP contribution in [-0.4, -0.2) is 17.0 Å². The normalized spacial score (nSPS) is 12.7. The van der Waals surface area contributed by atoms with Crippen LogP contribution in [0.1, 0.15) is 19.4 Å². The van der Waals surface area contributed by atoms with Crippen LogP contribution in [-0.2, 0) is 15.8 Å². The molecule has 1 rings (SSSR count). The average Bonchev–Trinajstić information content (AvgIpc) is 2.37. The molecule has 1 aromatic carbocycles. The van der Waals surface area contributed by atoms with E-state index in [1.807, 2.05) is 0 Å². The van der Waals surface area contributed by atoms with Gasteiger partial charge in [0.15, 0.2) is 0 Å². The maximum Gasteiger partial charge on any atom is 0.416 e. The van der Waals surface area contributed by atoms with E-state index in [0.717, 1.165) is 18.2 Å². The molecule has 0 saturated carbocycles. The number of carbonyl (C=O) groups excluding carboxylic acids is 1. The molecular weight excluding hydrogens is 355 g/mol. The maximum atomic E-state index is 12.6. The molecule has 0 spiro atoms. The van der Waals surface area contributed by atoms with Crippen molar-refractivity contribution in [3.8, 4) is 0 Å². The van der Waals surface area contributed by atoms with Gasteiger partial charge in [0.2, 0.25) is 0 Å². The van der Waals surface area contributed by atoms with Crippen LogP contribution in [0.3, 0.4) is 0 Å². The van der Waals surface area contributed by atoms with Gasteiger partial charge in [0, 0.05) is 15.6 Å². The van der Waals surface area contributed by atoms with Gasteiger partial charge in [0.25, 0.3) is 5.91 Å². The van der Waals surface area contributed by atoms with Crippen LogP contribution in [0.4, 0.5) is 18.9 Å². The number of hydrogen-bond acceptors (Lipinski definition) is 2. The average molecular weight is 366 g/mol. The molecule has 0 aromatic heterocycles. The van der Waals surface area contributed by atoms with Gasteiger partial charge < -0.3 is 10.4 Å². The highest BCUT2D eigenvalue weighted by molar-refractivity contribution is 9.10. The second-order valence-electron chi connectivity index (χ2n) is 4.20. The zero-order valence-corrected chi connectivity index (χ0v) is 12.6. The number of alkyl halides is 3. The van der Waals surface area contributed by atoms with E-state index in [-0.39, 0.29) is 21.3 Å². The monoisotopic (exact) mass is 365 g/mol. The zero-order valence-electron chi connectivity index (χ0n) is 11.0. The quantitative estimate of drug-likeness (QED) is 0.800. The summed E-state index contributed by atoms with van der Waals surface area (Å²) in [5.41, 5.74) is -1.28. The van der Waals surface area contributed by atoms with Crippen molar-refractivity contribution in [3.63, 3.8) is 0 Å². The number of carbonyl (C=O) groups is 2. The lowest BCUT2D eigenvalue weighted by Gasteiger charge is -2.12. The highest BCUT2D eigenvalue weighted by Gasteiger charge is 2.31. The SMILES string of the molecule is C/C(C(=O)O)=C(/C)C(=O)Nc1cc(C(F)(F)F)ccc1Br. The molecule has 1 amide bonds. The van der Waals surface area contributed by atoms with Crippen molar-refractivity contribution in [1.82, 2.24) is 0 Å². The summed E-state index contributed by atoms with van der Waals surface area (Å²) in [6.45, 7) is 2.51. The Morgan fingerprint density at radius 2 is 1.76 bits per heavy atom. The molecule has 0 radical (unpaired) electrons. The van der Waals surface area contributed by atoms with Crippen LogP contribution in [0, 0.1) is 0 Å². The number of carboxylic acid groups (broad SMARTS) is 1. The minimum Gasteiger partial charge on any atom is -0.478 e. The van der Waals surface area contributed by atoms with Crippen LogP contribution in [0.5, 0.6) is 0 Å². The fourth-order valence-electron chi connectivity index (χ4n) is 1.34. The third-order valence-electron chi connectivity index (χ3n) is 2.77. The fraction of sp³-hybridized carbons (Fsp3) is 0.231. The Labute approximate surface area is 126 Å². The maximum absolute atomic E-state index is 12.6. The number of amides is 1. The van der Waals surface area contributed by atoms with Crippen molar-refractivity contribution in [2.75, 3.05) is 5.32 Å². The van der Waals surface area contributed by atoms with Gasteiger partial charge >= 0.3 is 12.1 Å². The van der Waals surface area contributed by atoms with Crippen molar-refractivity contribution >= 4 is 33.5 Å². The number of carboxylic acids is 1. The first-order valence-electron chi connectivity index (χ1n) is 5.63. The second kappa shape index (κ2) is 6.30. The first kappa shape index (κ1) is 17.2. The molecule has 0 saturated heterocycles. The van der Waals surface area contributed by atoms with E-state index in [1.54, 1.807) is 0 Å². The van der Waals surface area contributed by atoms with E-state index >= 15 is 0 Å². The number of aliphatic carboxylic acids is 1. The number of nitrogens with one attached hydrogen (secondary N) is 1. The van der Waals surface area contributed by atoms with Gasteiger partial charge in [-0.25, -0.2) is 4.79 Å². The molecule has 0 unspecified atom stereocenters. The molecule has 0 aliphatic carbocycles. The summed E-state index contributed by atoms with van der Waals surface area (Å²) in [6.07, 6.45) is -4.54. The summed E-state index contributed by atoms with van der Waals surface area (Å²) >= 11 is 3.03. The van der Waals surface area contributed by atoms with Crippen LogP contribution < -0.4 is 5.32 Å².